The molecule has 2 heterocycles. The molecule has 1 aromatic heterocycles. The topological polar surface area (TPSA) is 103 Å². The lowest BCUT2D eigenvalue weighted by Crippen LogP contribution is -2.38. The third kappa shape index (κ3) is 4.67. The van der Waals surface area contributed by atoms with Crippen molar-refractivity contribution in [2.75, 3.05) is 7.11 Å². The van der Waals surface area contributed by atoms with Crippen LogP contribution in [0.15, 0.2) is 40.9 Å². The first-order chi connectivity index (χ1) is 19.8. The lowest BCUT2D eigenvalue weighted by molar-refractivity contribution is -0.120. The number of carboxylic acids is 1. The molecule has 0 radical (unpaired) electrons. The molecule has 7 heteroatoms. The summed E-state index contributed by atoms with van der Waals surface area (Å²) in [5.41, 5.74) is 5.44. The van der Waals surface area contributed by atoms with E-state index in [1.165, 1.54) is 0 Å². The number of fused-ring (bicyclic) bond motifs is 1. The minimum Gasteiger partial charge on any atom is -0.496 e. The second-order valence-corrected chi connectivity index (χ2v) is 14.0. The van der Waals surface area contributed by atoms with Crippen molar-refractivity contribution in [1.29, 1.82) is 0 Å². The van der Waals surface area contributed by atoms with Crippen LogP contribution >= 0.6 is 0 Å². The number of carboxylic acid groups (broad SMARTS) is 1. The van der Waals surface area contributed by atoms with Crippen molar-refractivity contribution in [3.8, 4) is 17.0 Å². The quantitative estimate of drug-likeness (QED) is 0.421. The molecule has 220 valence electrons. The molecular weight excluding hydrogens is 530 g/mol. The maximum atomic E-state index is 13.9. The van der Waals surface area contributed by atoms with Crippen LogP contribution in [-0.4, -0.2) is 34.7 Å². The van der Waals surface area contributed by atoms with Crippen molar-refractivity contribution in [3.63, 3.8) is 0 Å². The third-order valence-electron chi connectivity index (χ3n) is 9.38. The number of hydrogen-bond donors (Lipinski definition) is 1. The van der Waals surface area contributed by atoms with Gasteiger partial charge in [-0.2, -0.15) is 0 Å². The smallest absolute Gasteiger partial charge is 0.354 e. The van der Waals surface area contributed by atoms with E-state index in [4.69, 9.17) is 9.47 Å². The third-order valence-corrected chi connectivity index (χ3v) is 9.38. The average Bonchev–Trinajstić information content (AvgIpc) is 2.89. The molecule has 0 unspecified atom stereocenters. The number of hydrogen-bond acceptors (Lipinski definition) is 6. The summed E-state index contributed by atoms with van der Waals surface area (Å²) in [7, 11) is 1.60. The molecule has 6 rings (SSSR count). The predicted octanol–water partition coefficient (Wildman–Crippen LogP) is 7.04. The number of aryl methyl sites for hydroxylation is 1. The van der Waals surface area contributed by atoms with Gasteiger partial charge in [0.25, 0.3) is 0 Å². The maximum absolute atomic E-state index is 13.9. The number of ether oxygens (including phenoxy) is 2. The average molecular weight is 570 g/mol. The minimum absolute atomic E-state index is 0.0117. The normalized spacial score (nSPS) is 21.4. The highest BCUT2D eigenvalue weighted by molar-refractivity contribution is 6.06. The molecule has 4 aliphatic rings. The summed E-state index contributed by atoms with van der Waals surface area (Å²) in [6.07, 6.45) is 5.42. The highest BCUT2D eigenvalue weighted by Gasteiger charge is 2.49. The molecule has 3 aliphatic carbocycles. The Balaban J connectivity index is 1.61. The Kier molecular flexibility index (Phi) is 6.71. The van der Waals surface area contributed by atoms with Gasteiger partial charge in [0.05, 0.1) is 18.7 Å². The number of aromatic carboxylic acids is 1. The van der Waals surface area contributed by atoms with Crippen LogP contribution in [0.1, 0.15) is 105 Å². The van der Waals surface area contributed by atoms with Crippen LogP contribution in [-0.2, 0) is 27.2 Å². The van der Waals surface area contributed by atoms with Crippen LogP contribution in [0.2, 0.25) is 0 Å². The van der Waals surface area contributed by atoms with Gasteiger partial charge in [0.15, 0.2) is 17.3 Å². The Hall–Kier alpha value is -3.74. The van der Waals surface area contributed by atoms with Crippen LogP contribution in [0.25, 0.3) is 11.3 Å². The number of nitrogens with zero attached hydrogens (tertiary/aromatic N) is 1. The molecule has 1 aromatic carbocycles. The molecule has 2 aromatic rings. The van der Waals surface area contributed by atoms with Gasteiger partial charge >= 0.3 is 5.97 Å². The highest BCUT2D eigenvalue weighted by atomic mass is 16.5. The number of benzene rings is 1. The molecule has 0 atom stereocenters. The van der Waals surface area contributed by atoms with Gasteiger partial charge in [-0.3, -0.25) is 9.59 Å². The Morgan fingerprint density at radius 3 is 2.12 bits per heavy atom. The summed E-state index contributed by atoms with van der Waals surface area (Å²) in [4.78, 5) is 44.7. The van der Waals surface area contributed by atoms with E-state index in [1.54, 1.807) is 7.11 Å². The van der Waals surface area contributed by atoms with Crippen molar-refractivity contribution < 1.29 is 29.0 Å². The maximum Gasteiger partial charge on any atom is 0.354 e. The number of Topliss-reactive ketones (excluding diaryl/α,β-unsaturated/α-hetero) is 2. The fourth-order valence-electron chi connectivity index (χ4n) is 7.54. The molecule has 0 amide bonds. The fraction of sp³-hybridized carbons (Fsp3) is 0.486. The van der Waals surface area contributed by atoms with Crippen LogP contribution in [0, 0.1) is 17.8 Å². The van der Waals surface area contributed by atoms with E-state index in [-0.39, 0.29) is 28.1 Å². The Labute approximate surface area is 247 Å². The van der Waals surface area contributed by atoms with E-state index in [2.05, 4.69) is 32.7 Å². The first-order valence-electron chi connectivity index (χ1n) is 14.9. The summed E-state index contributed by atoms with van der Waals surface area (Å²) in [6, 6.07) is 5.77. The number of methoxy groups -OCH3 is 1. The molecule has 1 aliphatic heterocycles. The Morgan fingerprint density at radius 2 is 1.55 bits per heavy atom. The summed E-state index contributed by atoms with van der Waals surface area (Å²) in [6.45, 7) is 10.2. The Bertz CT molecular complexity index is 1570. The van der Waals surface area contributed by atoms with Crippen LogP contribution in [0.5, 0.6) is 5.75 Å². The second-order valence-electron chi connectivity index (χ2n) is 14.0. The minimum atomic E-state index is -1.03. The Morgan fingerprint density at radius 1 is 0.952 bits per heavy atom. The van der Waals surface area contributed by atoms with Crippen molar-refractivity contribution in [2.45, 2.75) is 91.9 Å². The van der Waals surface area contributed by atoms with Gasteiger partial charge < -0.3 is 14.6 Å². The zero-order valence-corrected chi connectivity index (χ0v) is 25.4. The summed E-state index contributed by atoms with van der Waals surface area (Å²) < 4.78 is 12.4. The number of allylic oxidation sites excluding steroid dienone is 4. The van der Waals surface area contributed by atoms with Crippen molar-refractivity contribution in [2.24, 2.45) is 10.8 Å². The molecule has 0 fully saturated rings. The number of aromatic nitrogens is 1. The SMILES string of the molecule is COc1ccc(-c2cc3c(c(C(=O)O)n2)CCCC3)c(C)c1C1C2=C(CC(C)(C)CC2=O)OC2=C1C(=O)CC(C)(C)C2. The fourth-order valence-corrected chi connectivity index (χ4v) is 7.54. The molecule has 0 saturated carbocycles. The van der Waals surface area contributed by atoms with E-state index in [0.717, 1.165) is 47.1 Å². The predicted molar refractivity (Wildman–Crippen MR) is 158 cm³/mol. The van der Waals surface area contributed by atoms with Gasteiger partial charge in [0, 0.05) is 48.0 Å². The number of carbonyl (C=O) groups is 3. The lowest BCUT2D eigenvalue weighted by atomic mass is 9.65. The van der Waals surface area contributed by atoms with E-state index in [1.807, 2.05) is 25.1 Å². The van der Waals surface area contributed by atoms with E-state index >= 15 is 0 Å². The first kappa shape index (κ1) is 28.4. The van der Waals surface area contributed by atoms with Gasteiger partial charge in [-0.25, -0.2) is 9.78 Å². The highest BCUT2D eigenvalue weighted by Crippen LogP contribution is 2.55. The molecule has 0 spiro atoms. The molecule has 0 saturated heterocycles. The zero-order valence-electron chi connectivity index (χ0n) is 25.4. The number of pyridine rings is 1. The molecule has 0 bridgehead atoms. The van der Waals surface area contributed by atoms with Crippen LogP contribution < -0.4 is 4.74 Å². The number of rotatable bonds is 4. The van der Waals surface area contributed by atoms with E-state index in [9.17, 15) is 19.5 Å². The first-order valence-corrected chi connectivity index (χ1v) is 14.9. The van der Waals surface area contributed by atoms with Crippen molar-refractivity contribution in [1.82, 2.24) is 4.98 Å². The van der Waals surface area contributed by atoms with Gasteiger partial charge in [0.1, 0.15) is 17.3 Å². The lowest BCUT2D eigenvalue weighted by Gasteiger charge is -2.43. The number of carbonyl (C=O) groups excluding carboxylic acids is 2. The molecule has 7 nitrogen and oxygen atoms in total. The van der Waals surface area contributed by atoms with Gasteiger partial charge in [-0.1, -0.05) is 27.7 Å². The standard InChI is InChI=1S/C35H39NO6/c1-18-20(22-13-19-9-7-8-10-21(19)32(36-22)33(39)40)11-12-25(41-6)28(18)31-29-23(37)14-34(2,3)16-26(29)42-27-17-35(4,5)15-24(38)30(27)31/h11-13,31H,7-10,14-17H2,1-6H3,(H,39,40). The van der Waals surface area contributed by atoms with Crippen molar-refractivity contribution in [3.05, 3.63) is 68.8 Å². The monoisotopic (exact) mass is 569 g/mol. The van der Waals surface area contributed by atoms with Crippen LogP contribution in [0.3, 0.4) is 0 Å². The van der Waals surface area contributed by atoms with Gasteiger partial charge in [-0.05, 0) is 78.3 Å². The van der Waals surface area contributed by atoms with E-state index < -0.39 is 11.9 Å². The van der Waals surface area contributed by atoms with Gasteiger partial charge in [-0.15, -0.1) is 0 Å². The summed E-state index contributed by atoms with van der Waals surface area (Å²) in [5, 5.41) is 10.0. The number of ketones is 2. The molecule has 42 heavy (non-hydrogen) atoms. The zero-order chi connectivity index (χ0) is 30.1. The van der Waals surface area contributed by atoms with E-state index in [0.29, 0.717) is 66.2 Å². The summed E-state index contributed by atoms with van der Waals surface area (Å²) >= 11 is 0. The van der Waals surface area contributed by atoms with Crippen LogP contribution in [0.4, 0.5) is 0 Å². The van der Waals surface area contributed by atoms with Gasteiger partial charge in [0.2, 0.25) is 0 Å². The molecular formula is C35H39NO6. The molecule has 1 N–H and O–H groups in total. The largest absolute Gasteiger partial charge is 0.496 e. The summed E-state index contributed by atoms with van der Waals surface area (Å²) in [5.74, 6) is 0.205. The van der Waals surface area contributed by atoms with Crippen molar-refractivity contribution >= 4 is 17.5 Å². The second kappa shape index (κ2) is 9.92.